The van der Waals surface area contributed by atoms with Crippen LogP contribution in [0.1, 0.15) is 18.2 Å². The van der Waals surface area contributed by atoms with E-state index in [1.54, 1.807) is 13.1 Å². The third-order valence-electron chi connectivity index (χ3n) is 4.18. The van der Waals surface area contributed by atoms with Crippen molar-refractivity contribution in [1.29, 1.82) is 0 Å². The van der Waals surface area contributed by atoms with Gasteiger partial charge >= 0.3 is 5.97 Å². The summed E-state index contributed by atoms with van der Waals surface area (Å²) in [4.78, 5) is 20.2. The molecule has 2 aromatic heterocycles. The number of fused-ring (bicyclic) bond motifs is 1. The van der Waals surface area contributed by atoms with Crippen LogP contribution < -0.4 is 5.43 Å². The Balaban J connectivity index is 1.38. The summed E-state index contributed by atoms with van der Waals surface area (Å²) in [5.41, 5.74) is 7.58. The number of carbonyl (C=O) groups is 1. The Labute approximate surface area is 171 Å². The standard InChI is InChI=1S/C21H19N5O2S/c1-2-28-20(27)11-16-13-29-21(24-16)25-23-12-15-7-9-17(10-8-15)26-14-22-18-5-3-4-6-19(18)26/h3-10,12-14H,2,11H2,1H3,(H,24,25). The highest BCUT2D eigenvalue weighted by molar-refractivity contribution is 7.13. The van der Waals surface area contributed by atoms with E-state index in [0.29, 0.717) is 17.4 Å². The van der Waals surface area contributed by atoms with E-state index >= 15 is 0 Å². The van der Waals surface area contributed by atoms with Crippen LogP contribution in [0.15, 0.2) is 65.3 Å². The van der Waals surface area contributed by atoms with Gasteiger partial charge in [0, 0.05) is 11.1 Å². The van der Waals surface area contributed by atoms with Gasteiger partial charge in [0.1, 0.15) is 6.33 Å². The number of imidazole rings is 1. The Bertz CT molecular complexity index is 1150. The Morgan fingerprint density at radius 3 is 2.90 bits per heavy atom. The lowest BCUT2D eigenvalue weighted by Gasteiger charge is -2.04. The second-order valence-electron chi connectivity index (χ2n) is 6.19. The van der Waals surface area contributed by atoms with E-state index < -0.39 is 0 Å². The molecule has 0 fully saturated rings. The van der Waals surface area contributed by atoms with Crippen molar-refractivity contribution in [3.63, 3.8) is 0 Å². The maximum absolute atomic E-state index is 11.5. The summed E-state index contributed by atoms with van der Waals surface area (Å²) in [5, 5.41) is 6.67. The predicted octanol–water partition coefficient (Wildman–Crippen LogP) is 4.03. The van der Waals surface area contributed by atoms with Crippen molar-refractivity contribution >= 4 is 39.7 Å². The number of para-hydroxylation sites is 2. The van der Waals surface area contributed by atoms with Gasteiger partial charge in [-0.25, -0.2) is 9.97 Å². The zero-order chi connectivity index (χ0) is 20.1. The Morgan fingerprint density at radius 2 is 2.07 bits per heavy atom. The number of nitrogens with one attached hydrogen (secondary N) is 1. The number of hydrogen-bond acceptors (Lipinski definition) is 7. The molecule has 0 aliphatic carbocycles. The van der Waals surface area contributed by atoms with E-state index in [0.717, 1.165) is 22.3 Å². The SMILES string of the molecule is CCOC(=O)Cc1csc(NN=Cc2ccc(-n3cnc4ccccc43)cc2)n1. The molecule has 29 heavy (non-hydrogen) atoms. The van der Waals surface area contributed by atoms with E-state index in [1.165, 1.54) is 11.3 Å². The molecule has 0 spiro atoms. The first-order chi connectivity index (χ1) is 14.2. The zero-order valence-corrected chi connectivity index (χ0v) is 16.6. The van der Waals surface area contributed by atoms with Gasteiger partial charge < -0.3 is 4.74 Å². The molecule has 0 saturated heterocycles. The van der Waals surface area contributed by atoms with Crippen LogP contribution in [0, 0.1) is 0 Å². The fourth-order valence-corrected chi connectivity index (χ4v) is 3.51. The first-order valence-electron chi connectivity index (χ1n) is 9.14. The van der Waals surface area contributed by atoms with Crippen molar-refractivity contribution in [2.24, 2.45) is 5.10 Å². The van der Waals surface area contributed by atoms with Crippen LogP contribution in [0.5, 0.6) is 0 Å². The van der Waals surface area contributed by atoms with Crippen LogP contribution in [0.2, 0.25) is 0 Å². The summed E-state index contributed by atoms with van der Waals surface area (Å²) in [6.07, 6.45) is 3.72. The third-order valence-corrected chi connectivity index (χ3v) is 4.98. The molecule has 0 saturated carbocycles. The van der Waals surface area contributed by atoms with Crippen LogP contribution in [0.4, 0.5) is 5.13 Å². The Hall–Kier alpha value is -3.52. The molecule has 0 radical (unpaired) electrons. The third kappa shape index (κ3) is 4.49. The van der Waals surface area contributed by atoms with Gasteiger partial charge in [-0.1, -0.05) is 24.3 Å². The van der Waals surface area contributed by atoms with Crippen LogP contribution in [-0.4, -0.2) is 33.3 Å². The topological polar surface area (TPSA) is 81.4 Å². The molecule has 2 aromatic carbocycles. The van der Waals surface area contributed by atoms with Gasteiger partial charge in [0.05, 0.1) is 36.0 Å². The van der Waals surface area contributed by atoms with Crippen molar-refractivity contribution in [3.8, 4) is 5.69 Å². The molecule has 2 heterocycles. The number of hydrazone groups is 1. The summed E-state index contributed by atoms with van der Waals surface area (Å²) in [6, 6.07) is 16.1. The molecule has 0 bridgehead atoms. The van der Waals surface area contributed by atoms with Crippen LogP contribution in [0.25, 0.3) is 16.7 Å². The molecule has 4 aromatic rings. The number of thiazole rings is 1. The molecule has 4 rings (SSSR count). The normalized spacial score (nSPS) is 11.2. The zero-order valence-electron chi connectivity index (χ0n) is 15.8. The predicted molar refractivity (Wildman–Crippen MR) is 115 cm³/mol. The average molecular weight is 405 g/mol. The summed E-state index contributed by atoms with van der Waals surface area (Å²) in [6.45, 7) is 2.15. The van der Waals surface area contributed by atoms with Crippen LogP contribution >= 0.6 is 11.3 Å². The van der Waals surface area contributed by atoms with Gasteiger partial charge in [-0.05, 0) is 36.8 Å². The lowest BCUT2D eigenvalue weighted by atomic mass is 10.2. The number of nitrogens with zero attached hydrogens (tertiary/aromatic N) is 4. The van der Waals surface area contributed by atoms with Crippen LogP contribution in [0.3, 0.4) is 0 Å². The molecular weight excluding hydrogens is 386 g/mol. The highest BCUT2D eigenvalue weighted by atomic mass is 32.1. The maximum atomic E-state index is 11.5. The Kier molecular flexibility index (Phi) is 5.62. The molecule has 0 atom stereocenters. The first kappa shape index (κ1) is 18.8. The molecule has 7 nitrogen and oxygen atoms in total. The maximum Gasteiger partial charge on any atom is 0.311 e. The second-order valence-corrected chi connectivity index (χ2v) is 7.05. The largest absolute Gasteiger partial charge is 0.466 e. The molecule has 0 unspecified atom stereocenters. The molecule has 0 aliphatic rings. The van der Waals surface area contributed by atoms with Crippen molar-refractivity contribution in [3.05, 3.63) is 71.5 Å². The fourth-order valence-electron chi connectivity index (χ4n) is 2.85. The number of anilines is 1. The number of aromatic nitrogens is 3. The monoisotopic (exact) mass is 405 g/mol. The summed E-state index contributed by atoms with van der Waals surface area (Å²) < 4.78 is 6.97. The van der Waals surface area contributed by atoms with E-state index in [9.17, 15) is 4.79 Å². The minimum Gasteiger partial charge on any atom is -0.466 e. The smallest absolute Gasteiger partial charge is 0.311 e. The summed E-state index contributed by atoms with van der Waals surface area (Å²) in [5.74, 6) is -0.279. The van der Waals surface area contributed by atoms with E-state index in [4.69, 9.17) is 4.74 Å². The highest BCUT2D eigenvalue weighted by Gasteiger charge is 2.08. The Morgan fingerprint density at radius 1 is 1.24 bits per heavy atom. The number of benzene rings is 2. The van der Waals surface area contributed by atoms with Gasteiger partial charge in [0.2, 0.25) is 5.13 Å². The molecule has 146 valence electrons. The van der Waals surface area contributed by atoms with Crippen molar-refractivity contribution in [2.45, 2.75) is 13.3 Å². The van der Waals surface area contributed by atoms with Gasteiger partial charge in [-0.2, -0.15) is 5.10 Å². The number of rotatable bonds is 7. The number of esters is 1. The minimum atomic E-state index is -0.279. The van der Waals surface area contributed by atoms with Crippen molar-refractivity contribution in [1.82, 2.24) is 14.5 Å². The quantitative estimate of drug-likeness (QED) is 0.285. The average Bonchev–Trinajstić information content (AvgIpc) is 3.36. The first-order valence-corrected chi connectivity index (χ1v) is 10.0. The summed E-state index contributed by atoms with van der Waals surface area (Å²) in [7, 11) is 0. The van der Waals surface area contributed by atoms with E-state index in [-0.39, 0.29) is 12.4 Å². The molecule has 0 amide bonds. The molecule has 8 heteroatoms. The molecule has 1 N–H and O–H groups in total. The van der Waals surface area contributed by atoms with Gasteiger partial charge in [-0.15, -0.1) is 11.3 Å². The summed E-state index contributed by atoms with van der Waals surface area (Å²) >= 11 is 1.39. The van der Waals surface area contributed by atoms with Gasteiger partial charge in [0.15, 0.2) is 0 Å². The lowest BCUT2D eigenvalue weighted by molar-refractivity contribution is -0.142. The minimum absolute atomic E-state index is 0.167. The van der Waals surface area contributed by atoms with Crippen molar-refractivity contribution < 1.29 is 9.53 Å². The number of ether oxygens (including phenoxy) is 1. The fraction of sp³-hybridized carbons (Fsp3) is 0.143. The van der Waals surface area contributed by atoms with E-state index in [1.807, 2.05) is 60.2 Å². The molecular formula is C21H19N5O2S. The number of carbonyl (C=O) groups excluding carboxylic acids is 1. The van der Waals surface area contributed by atoms with Crippen LogP contribution in [-0.2, 0) is 16.0 Å². The highest BCUT2D eigenvalue weighted by Crippen LogP contribution is 2.18. The molecule has 0 aliphatic heterocycles. The second kappa shape index (κ2) is 8.66. The van der Waals surface area contributed by atoms with Crippen molar-refractivity contribution in [2.75, 3.05) is 12.0 Å². The van der Waals surface area contributed by atoms with Gasteiger partial charge in [-0.3, -0.25) is 14.8 Å². The van der Waals surface area contributed by atoms with E-state index in [2.05, 4.69) is 25.1 Å². The lowest BCUT2D eigenvalue weighted by Crippen LogP contribution is -2.07. The van der Waals surface area contributed by atoms with Gasteiger partial charge in [0.25, 0.3) is 0 Å². The number of hydrogen-bond donors (Lipinski definition) is 1.